The van der Waals surface area contributed by atoms with Gasteiger partial charge in [-0.3, -0.25) is 5.32 Å². The first-order valence-corrected chi connectivity index (χ1v) is 8.01. The summed E-state index contributed by atoms with van der Waals surface area (Å²) in [5, 5.41) is 13.2. The summed E-state index contributed by atoms with van der Waals surface area (Å²) in [6, 6.07) is 6.36. The number of carbonyl (C=O) groups is 1. The van der Waals surface area contributed by atoms with Gasteiger partial charge in [0.15, 0.2) is 0 Å². The lowest BCUT2D eigenvalue weighted by Crippen LogP contribution is -2.51. The van der Waals surface area contributed by atoms with Crippen molar-refractivity contribution in [1.82, 2.24) is 5.32 Å². The van der Waals surface area contributed by atoms with Gasteiger partial charge in [0.05, 0.1) is 0 Å². The van der Waals surface area contributed by atoms with Crippen molar-refractivity contribution in [2.75, 3.05) is 0 Å². The highest BCUT2D eigenvalue weighted by molar-refractivity contribution is 5.80. The Morgan fingerprint density at radius 1 is 1.10 bits per heavy atom. The summed E-state index contributed by atoms with van der Waals surface area (Å²) < 4.78 is 0. The van der Waals surface area contributed by atoms with Crippen molar-refractivity contribution in [3.8, 4) is 0 Å². The van der Waals surface area contributed by atoms with E-state index in [4.69, 9.17) is 0 Å². The third kappa shape index (κ3) is 3.85. The molecule has 1 aromatic rings. The van der Waals surface area contributed by atoms with Crippen LogP contribution in [-0.4, -0.2) is 17.1 Å². The molecule has 0 heterocycles. The lowest BCUT2D eigenvalue weighted by atomic mass is 9.88. The zero-order valence-corrected chi connectivity index (χ0v) is 13.4. The van der Waals surface area contributed by atoms with Gasteiger partial charge in [0.2, 0.25) is 0 Å². The molecule has 0 spiro atoms. The molecule has 1 aromatic carbocycles. The molecule has 1 saturated carbocycles. The number of benzene rings is 1. The largest absolute Gasteiger partial charge is 0.480 e. The quantitative estimate of drug-likeness (QED) is 0.826. The molecule has 1 atom stereocenters. The fourth-order valence-electron chi connectivity index (χ4n) is 3.36. The second kappa shape index (κ2) is 6.61. The van der Waals surface area contributed by atoms with Crippen LogP contribution in [0.2, 0.25) is 0 Å². The highest BCUT2D eigenvalue weighted by atomic mass is 16.4. The molecule has 3 nitrogen and oxygen atoms in total. The van der Waals surface area contributed by atoms with Crippen LogP contribution in [0.3, 0.4) is 0 Å². The fourth-order valence-corrected chi connectivity index (χ4v) is 3.36. The Morgan fingerprint density at radius 3 is 2.10 bits per heavy atom. The first kappa shape index (κ1) is 16.0. The van der Waals surface area contributed by atoms with Crippen LogP contribution in [0, 0.1) is 13.8 Å². The first-order valence-electron chi connectivity index (χ1n) is 8.01. The molecule has 1 unspecified atom stereocenters. The van der Waals surface area contributed by atoms with Crippen molar-refractivity contribution in [1.29, 1.82) is 0 Å². The maximum atomic E-state index is 11.9. The van der Waals surface area contributed by atoms with Gasteiger partial charge in [-0.05, 0) is 39.2 Å². The van der Waals surface area contributed by atoms with E-state index in [9.17, 15) is 9.90 Å². The SMILES string of the molecule is Cc1cc(C)cc(C(C)(NC2CCCCCC2)C(=O)O)c1. The molecule has 2 rings (SSSR count). The molecule has 0 aliphatic heterocycles. The van der Waals surface area contributed by atoms with Crippen LogP contribution in [0.4, 0.5) is 0 Å². The lowest BCUT2D eigenvalue weighted by molar-refractivity contribution is -0.145. The van der Waals surface area contributed by atoms with Gasteiger partial charge in [-0.2, -0.15) is 0 Å². The minimum atomic E-state index is -1.01. The van der Waals surface area contributed by atoms with Crippen LogP contribution in [0.5, 0.6) is 0 Å². The van der Waals surface area contributed by atoms with E-state index in [1.165, 1.54) is 25.7 Å². The Morgan fingerprint density at radius 2 is 1.62 bits per heavy atom. The van der Waals surface area contributed by atoms with Gasteiger partial charge in [0.25, 0.3) is 0 Å². The molecule has 0 saturated heterocycles. The molecule has 21 heavy (non-hydrogen) atoms. The first-order chi connectivity index (χ1) is 9.91. The number of aryl methyl sites for hydroxylation is 2. The minimum absolute atomic E-state index is 0.300. The van der Waals surface area contributed by atoms with Gasteiger partial charge in [-0.1, -0.05) is 55.0 Å². The summed E-state index contributed by atoms with van der Waals surface area (Å²) >= 11 is 0. The van der Waals surface area contributed by atoms with Crippen molar-refractivity contribution in [3.05, 3.63) is 34.9 Å². The lowest BCUT2D eigenvalue weighted by Gasteiger charge is -2.32. The Labute approximate surface area is 127 Å². The van der Waals surface area contributed by atoms with Gasteiger partial charge in [0.1, 0.15) is 5.54 Å². The maximum Gasteiger partial charge on any atom is 0.328 e. The van der Waals surface area contributed by atoms with E-state index in [1.807, 2.05) is 26.0 Å². The summed E-state index contributed by atoms with van der Waals surface area (Å²) in [5.74, 6) is -0.795. The van der Waals surface area contributed by atoms with E-state index in [2.05, 4.69) is 11.4 Å². The van der Waals surface area contributed by atoms with Crippen molar-refractivity contribution in [2.45, 2.75) is 70.9 Å². The molecule has 0 amide bonds. The molecule has 3 heteroatoms. The second-order valence-electron chi connectivity index (χ2n) is 6.64. The predicted octanol–water partition coefficient (Wildman–Crippen LogP) is 3.92. The summed E-state index contributed by atoms with van der Waals surface area (Å²) in [6.07, 6.45) is 7.08. The second-order valence-corrected chi connectivity index (χ2v) is 6.64. The Balaban J connectivity index is 2.28. The van der Waals surface area contributed by atoms with E-state index in [0.29, 0.717) is 6.04 Å². The normalized spacial score (nSPS) is 19.8. The highest BCUT2D eigenvalue weighted by Gasteiger charge is 2.37. The molecule has 1 aliphatic carbocycles. The maximum absolute atomic E-state index is 11.9. The van der Waals surface area contributed by atoms with Crippen molar-refractivity contribution in [3.63, 3.8) is 0 Å². The average Bonchev–Trinajstić information content (AvgIpc) is 2.65. The third-order valence-corrected chi connectivity index (χ3v) is 4.57. The molecule has 116 valence electrons. The number of hydrogen-bond donors (Lipinski definition) is 2. The number of hydrogen-bond acceptors (Lipinski definition) is 2. The molecule has 0 aromatic heterocycles. The van der Waals surface area contributed by atoms with E-state index < -0.39 is 11.5 Å². The Kier molecular flexibility index (Phi) is 5.04. The van der Waals surface area contributed by atoms with Crippen molar-refractivity contribution < 1.29 is 9.90 Å². The summed E-state index contributed by atoms with van der Waals surface area (Å²) in [5.41, 5.74) is 2.07. The molecule has 0 radical (unpaired) electrons. The number of carboxylic acids is 1. The fraction of sp³-hybridized carbons (Fsp3) is 0.611. The highest BCUT2D eigenvalue weighted by Crippen LogP contribution is 2.27. The number of carboxylic acid groups (broad SMARTS) is 1. The monoisotopic (exact) mass is 289 g/mol. The van der Waals surface area contributed by atoms with E-state index in [-0.39, 0.29) is 0 Å². The summed E-state index contributed by atoms with van der Waals surface area (Å²) in [7, 11) is 0. The molecule has 1 aliphatic rings. The van der Waals surface area contributed by atoms with Gasteiger partial charge in [-0.15, -0.1) is 0 Å². The van der Waals surface area contributed by atoms with Gasteiger partial charge >= 0.3 is 5.97 Å². The van der Waals surface area contributed by atoms with Crippen molar-refractivity contribution in [2.24, 2.45) is 0 Å². The van der Waals surface area contributed by atoms with Gasteiger partial charge < -0.3 is 5.11 Å². The number of aliphatic carboxylic acids is 1. The number of nitrogens with one attached hydrogen (secondary N) is 1. The number of rotatable bonds is 4. The molecular formula is C18H27NO2. The van der Waals surface area contributed by atoms with Gasteiger partial charge in [0, 0.05) is 6.04 Å². The van der Waals surface area contributed by atoms with E-state index >= 15 is 0 Å². The summed E-state index contributed by atoms with van der Waals surface area (Å²) in [6.45, 7) is 5.84. The Bertz CT molecular complexity index is 484. The Hall–Kier alpha value is -1.35. The zero-order valence-electron chi connectivity index (χ0n) is 13.4. The zero-order chi connectivity index (χ0) is 15.5. The topological polar surface area (TPSA) is 49.3 Å². The van der Waals surface area contributed by atoms with Crippen LogP contribution in [-0.2, 0) is 10.3 Å². The summed E-state index contributed by atoms with van der Waals surface area (Å²) in [4.78, 5) is 11.9. The molecule has 2 N–H and O–H groups in total. The van der Waals surface area contributed by atoms with Crippen LogP contribution >= 0.6 is 0 Å². The molecule has 1 fully saturated rings. The standard InChI is InChI=1S/C18H27NO2/c1-13-10-14(2)12-15(11-13)18(3,17(20)21)19-16-8-6-4-5-7-9-16/h10-12,16,19H,4-9H2,1-3H3,(H,20,21). The van der Waals surface area contributed by atoms with Crippen molar-refractivity contribution >= 4 is 5.97 Å². The predicted molar refractivity (Wildman–Crippen MR) is 85.5 cm³/mol. The average molecular weight is 289 g/mol. The smallest absolute Gasteiger partial charge is 0.328 e. The molecular weight excluding hydrogens is 262 g/mol. The van der Waals surface area contributed by atoms with Crippen LogP contribution < -0.4 is 5.32 Å². The third-order valence-electron chi connectivity index (χ3n) is 4.57. The van der Waals surface area contributed by atoms with Crippen LogP contribution in [0.25, 0.3) is 0 Å². The molecule has 0 bridgehead atoms. The van der Waals surface area contributed by atoms with E-state index in [0.717, 1.165) is 29.5 Å². The van der Waals surface area contributed by atoms with Crippen LogP contribution in [0.1, 0.15) is 62.1 Å². The van der Waals surface area contributed by atoms with Gasteiger partial charge in [-0.25, -0.2) is 4.79 Å². The van der Waals surface area contributed by atoms with E-state index in [1.54, 1.807) is 6.92 Å². The van der Waals surface area contributed by atoms with Crippen LogP contribution in [0.15, 0.2) is 18.2 Å². The minimum Gasteiger partial charge on any atom is -0.480 e.